The zero-order valence-electron chi connectivity index (χ0n) is 13.8. The molecule has 2 heterocycles. The highest BCUT2D eigenvalue weighted by Gasteiger charge is 2.23. The van der Waals surface area contributed by atoms with Crippen molar-refractivity contribution in [1.29, 1.82) is 0 Å². The summed E-state index contributed by atoms with van der Waals surface area (Å²) >= 11 is 0. The van der Waals surface area contributed by atoms with Crippen LogP contribution in [0.2, 0.25) is 0 Å². The summed E-state index contributed by atoms with van der Waals surface area (Å²) in [5.74, 6) is 1.30. The van der Waals surface area contributed by atoms with E-state index in [0.29, 0.717) is 5.92 Å². The number of fused-ring (bicyclic) bond motifs is 1. The summed E-state index contributed by atoms with van der Waals surface area (Å²) in [5, 5.41) is 7.77. The fourth-order valence-corrected chi connectivity index (χ4v) is 3.04. The number of rotatable bonds is 3. The van der Waals surface area contributed by atoms with Crippen molar-refractivity contribution in [2.45, 2.75) is 25.8 Å². The average molecular weight is 316 g/mol. The van der Waals surface area contributed by atoms with Crippen LogP contribution in [0.3, 0.4) is 0 Å². The molecular weight excluding hydrogens is 296 g/mol. The Kier molecular flexibility index (Phi) is 3.65. The lowest BCUT2D eigenvalue weighted by atomic mass is 9.97. The highest BCUT2D eigenvalue weighted by molar-refractivity contribution is 5.77. The minimum Gasteiger partial charge on any atom is -0.324 e. The van der Waals surface area contributed by atoms with Crippen LogP contribution in [0.4, 0.5) is 5.95 Å². The van der Waals surface area contributed by atoms with E-state index in [9.17, 15) is 0 Å². The van der Waals surface area contributed by atoms with E-state index in [2.05, 4.69) is 71.7 Å². The first-order chi connectivity index (χ1) is 11.7. The average Bonchev–Trinajstić information content (AvgIpc) is 3.10. The molecule has 4 nitrogen and oxygen atoms in total. The molecule has 0 spiro atoms. The van der Waals surface area contributed by atoms with Crippen LogP contribution < -0.4 is 5.32 Å². The maximum atomic E-state index is 4.40. The van der Waals surface area contributed by atoms with Crippen molar-refractivity contribution in [3.63, 3.8) is 0 Å². The normalized spacial score (nSPS) is 16.5. The van der Waals surface area contributed by atoms with Crippen molar-refractivity contribution in [2.75, 3.05) is 5.32 Å². The largest absolute Gasteiger partial charge is 0.324 e. The number of hydrogen-bond donors (Lipinski definition) is 1. The highest BCUT2D eigenvalue weighted by Crippen LogP contribution is 2.32. The van der Waals surface area contributed by atoms with Crippen molar-refractivity contribution < 1.29 is 0 Å². The highest BCUT2D eigenvalue weighted by atomic mass is 15.4. The van der Waals surface area contributed by atoms with Gasteiger partial charge in [0.1, 0.15) is 12.4 Å². The Balaban J connectivity index is 1.76. The monoisotopic (exact) mass is 316 g/mol. The maximum Gasteiger partial charge on any atom is 0.226 e. The topological polar surface area (TPSA) is 42.7 Å². The minimum atomic E-state index is 0.0418. The van der Waals surface area contributed by atoms with Gasteiger partial charge in [-0.1, -0.05) is 68.4 Å². The minimum absolute atomic E-state index is 0.0418. The first-order valence-electron chi connectivity index (χ1n) is 8.26. The Morgan fingerprint density at radius 3 is 2.46 bits per heavy atom. The third kappa shape index (κ3) is 2.60. The Labute approximate surface area is 141 Å². The van der Waals surface area contributed by atoms with Gasteiger partial charge in [-0.25, -0.2) is 4.68 Å². The van der Waals surface area contributed by atoms with Gasteiger partial charge in [-0.15, -0.1) is 0 Å². The Morgan fingerprint density at radius 2 is 1.75 bits per heavy atom. The van der Waals surface area contributed by atoms with Crippen LogP contribution in [-0.4, -0.2) is 14.8 Å². The predicted molar refractivity (Wildman–Crippen MR) is 96.7 cm³/mol. The molecule has 0 saturated heterocycles. The number of anilines is 1. The molecule has 0 saturated carbocycles. The number of nitrogens with zero attached hydrogens (tertiary/aromatic N) is 3. The summed E-state index contributed by atoms with van der Waals surface area (Å²) in [5.41, 5.74) is 4.77. The molecule has 4 heteroatoms. The van der Waals surface area contributed by atoms with Crippen molar-refractivity contribution >= 4 is 11.6 Å². The van der Waals surface area contributed by atoms with Gasteiger partial charge in [0.2, 0.25) is 5.95 Å². The molecule has 0 fully saturated rings. The standard InChI is InChI=1S/C20H20N4/c1-14(2)15-8-10-17(11-9-15)19-12-18(16-6-4-3-5-7-16)23-20-21-13-22-24(19)20/h3-14,19H,1-2H3,(H,21,22,23)/t19-/m1/s1. The first-order valence-corrected chi connectivity index (χ1v) is 8.26. The van der Waals surface area contributed by atoms with Gasteiger partial charge in [-0.2, -0.15) is 10.1 Å². The molecule has 0 aliphatic carbocycles. The lowest BCUT2D eigenvalue weighted by Crippen LogP contribution is -2.20. The zero-order valence-corrected chi connectivity index (χ0v) is 13.8. The smallest absolute Gasteiger partial charge is 0.226 e. The lowest BCUT2D eigenvalue weighted by Gasteiger charge is -2.24. The first kappa shape index (κ1) is 14.7. The van der Waals surface area contributed by atoms with Gasteiger partial charge in [-0.05, 0) is 28.7 Å². The number of allylic oxidation sites excluding steroid dienone is 1. The maximum absolute atomic E-state index is 4.40. The Hall–Kier alpha value is -2.88. The third-order valence-corrected chi connectivity index (χ3v) is 4.44. The number of hydrogen-bond acceptors (Lipinski definition) is 3. The van der Waals surface area contributed by atoms with Gasteiger partial charge in [0.25, 0.3) is 0 Å². The van der Waals surface area contributed by atoms with E-state index in [4.69, 9.17) is 0 Å². The van der Waals surface area contributed by atoms with Crippen molar-refractivity contribution in [2.24, 2.45) is 0 Å². The van der Waals surface area contributed by atoms with E-state index >= 15 is 0 Å². The third-order valence-electron chi connectivity index (χ3n) is 4.44. The fourth-order valence-electron chi connectivity index (χ4n) is 3.04. The van der Waals surface area contributed by atoms with E-state index in [1.807, 2.05) is 22.9 Å². The van der Waals surface area contributed by atoms with E-state index in [1.54, 1.807) is 6.33 Å². The molecule has 0 radical (unpaired) electrons. The summed E-state index contributed by atoms with van der Waals surface area (Å²) in [7, 11) is 0. The quantitative estimate of drug-likeness (QED) is 0.776. The van der Waals surface area contributed by atoms with Crippen LogP contribution in [0, 0.1) is 0 Å². The van der Waals surface area contributed by atoms with E-state index in [1.165, 1.54) is 11.1 Å². The van der Waals surface area contributed by atoms with Crippen molar-refractivity contribution in [1.82, 2.24) is 14.8 Å². The van der Waals surface area contributed by atoms with E-state index < -0.39 is 0 Å². The number of aromatic nitrogens is 3. The molecule has 2 aromatic carbocycles. The van der Waals surface area contributed by atoms with Gasteiger partial charge in [0, 0.05) is 5.70 Å². The van der Waals surface area contributed by atoms with Crippen LogP contribution in [0.25, 0.3) is 5.70 Å². The van der Waals surface area contributed by atoms with Crippen LogP contribution in [0.5, 0.6) is 0 Å². The fraction of sp³-hybridized carbons (Fsp3) is 0.200. The summed E-state index contributed by atoms with van der Waals surface area (Å²) in [4.78, 5) is 4.35. The zero-order chi connectivity index (χ0) is 16.5. The van der Waals surface area contributed by atoms with Crippen LogP contribution >= 0.6 is 0 Å². The van der Waals surface area contributed by atoms with Gasteiger partial charge < -0.3 is 5.32 Å². The molecule has 1 atom stereocenters. The summed E-state index contributed by atoms with van der Waals surface area (Å²) in [6, 6.07) is 19.1. The Bertz CT molecular complexity index is 860. The molecule has 1 N–H and O–H groups in total. The molecule has 1 aromatic heterocycles. The molecule has 4 rings (SSSR count). The second-order valence-electron chi connectivity index (χ2n) is 6.37. The second kappa shape index (κ2) is 5.96. The summed E-state index contributed by atoms with van der Waals surface area (Å²) in [6.07, 6.45) is 3.81. The van der Waals surface area contributed by atoms with Gasteiger partial charge in [0.15, 0.2) is 0 Å². The molecule has 0 amide bonds. The number of benzene rings is 2. The molecule has 120 valence electrons. The van der Waals surface area contributed by atoms with Gasteiger partial charge in [0.05, 0.1) is 0 Å². The molecule has 1 aliphatic rings. The summed E-state index contributed by atoms with van der Waals surface area (Å²) in [6.45, 7) is 4.42. The van der Waals surface area contributed by atoms with E-state index in [0.717, 1.165) is 17.2 Å². The number of nitrogens with one attached hydrogen (secondary N) is 1. The molecule has 0 unspecified atom stereocenters. The molecule has 24 heavy (non-hydrogen) atoms. The lowest BCUT2D eigenvalue weighted by molar-refractivity contribution is 0.611. The second-order valence-corrected chi connectivity index (χ2v) is 6.37. The van der Waals surface area contributed by atoms with Crippen molar-refractivity contribution in [3.8, 4) is 0 Å². The van der Waals surface area contributed by atoms with Crippen molar-refractivity contribution in [3.05, 3.63) is 83.7 Å². The van der Waals surface area contributed by atoms with E-state index in [-0.39, 0.29) is 6.04 Å². The summed E-state index contributed by atoms with van der Waals surface area (Å²) < 4.78 is 1.93. The predicted octanol–water partition coefficient (Wildman–Crippen LogP) is 4.46. The van der Waals surface area contributed by atoms with Gasteiger partial charge >= 0.3 is 0 Å². The molecule has 3 aromatic rings. The van der Waals surface area contributed by atoms with Crippen LogP contribution in [0.1, 0.15) is 42.5 Å². The molecule has 1 aliphatic heterocycles. The van der Waals surface area contributed by atoms with Crippen LogP contribution in [0.15, 0.2) is 67.0 Å². The SMILES string of the molecule is CC(C)c1ccc([C@H]2C=C(c3ccccc3)Nc3ncnn32)cc1. The molecular formula is C20H20N4. The Morgan fingerprint density at radius 1 is 1.00 bits per heavy atom. The molecule has 0 bridgehead atoms. The van der Waals surface area contributed by atoms with Gasteiger partial charge in [-0.3, -0.25) is 0 Å². The van der Waals surface area contributed by atoms with Crippen LogP contribution in [-0.2, 0) is 0 Å².